The molecule has 28 heavy (non-hydrogen) atoms. The smallest absolute Gasteiger partial charge is 0.0631 e. The van der Waals surface area contributed by atoms with Crippen LogP contribution in [-0.4, -0.2) is 19.3 Å². The van der Waals surface area contributed by atoms with Crippen LogP contribution in [0.4, 0.5) is 17.1 Å². The molecule has 3 aromatic rings. The van der Waals surface area contributed by atoms with E-state index in [1.54, 1.807) is 0 Å². The second-order valence-electron chi connectivity index (χ2n) is 7.16. The predicted octanol–water partition coefficient (Wildman–Crippen LogP) is 5.80. The third-order valence-electron chi connectivity index (χ3n) is 5.44. The molecular weight excluding hydrogens is 342 g/mol. The van der Waals surface area contributed by atoms with Crippen LogP contribution < -0.4 is 9.80 Å². The van der Waals surface area contributed by atoms with Gasteiger partial charge in [-0.15, -0.1) is 0 Å². The Morgan fingerprint density at radius 3 is 2.00 bits per heavy atom. The lowest BCUT2D eigenvalue weighted by atomic mass is 10.1. The molecule has 0 spiro atoms. The van der Waals surface area contributed by atoms with E-state index in [9.17, 15) is 0 Å². The summed E-state index contributed by atoms with van der Waals surface area (Å²) in [6.45, 7) is 8.38. The molecule has 0 atom stereocenters. The molecule has 3 heteroatoms. The van der Waals surface area contributed by atoms with E-state index in [-0.39, 0.29) is 0 Å². The Kier molecular flexibility index (Phi) is 5.43. The fraction of sp³-hybridized carbons (Fsp3) is 0.240. The first kappa shape index (κ1) is 18.3. The zero-order valence-electron chi connectivity index (χ0n) is 16.7. The maximum Gasteiger partial charge on any atom is 0.0631 e. The van der Waals surface area contributed by atoms with Crippen LogP contribution in [0, 0.1) is 0 Å². The molecule has 0 fully saturated rings. The van der Waals surface area contributed by atoms with Crippen molar-refractivity contribution in [3.63, 3.8) is 0 Å². The quantitative estimate of drug-likeness (QED) is 0.511. The molecule has 1 heterocycles. The third kappa shape index (κ3) is 3.94. The van der Waals surface area contributed by atoms with Crippen LogP contribution in [0.2, 0.25) is 0 Å². The number of rotatable bonds is 6. The lowest BCUT2D eigenvalue weighted by Crippen LogP contribution is -2.21. The van der Waals surface area contributed by atoms with Gasteiger partial charge in [0.2, 0.25) is 0 Å². The Balaban J connectivity index is 1.41. The zero-order chi connectivity index (χ0) is 19.3. The molecule has 1 aliphatic heterocycles. The van der Waals surface area contributed by atoms with Crippen molar-refractivity contribution < 1.29 is 0 Å². The van der Waals surface area contributed by atoms with Crippen molar-refractivity contribution in [3.8, 4) is 0 Å². The van der Waals surface area contributed by atoms with Crippen molar-refractivity contribution in [1.29, 1.82) is 0 Å². The molecule has 0 amide bonds. The van der Waals surface area contributed by atoms with Crippen LogP contribution in [0.1, 0.15) is 30.5 Å². The summed E-state index contributed by atoms with van der Waals surface area (Å²) in [4.78, 5) is 9.38. The third-order valence-corrected chi connectivity index (χ3v) is 5.44. The van der Waals surface area contributed by atoms with Gasteiger partial charge >= 0.3 is 0 Å². The summed E-state index contributed by atoms with van der Waals surface area (Å²) in [5, 5.41) is 0. The lowest BCUT2D eigenvalue weighted by molar-refractivity contribution is 0.866. The maximum absolute atomic E-state index is 4.63. The van der Waals surface area contributed by atoms with Crippen molar-refractivity contribution in [2.24, 2.45) is 4.99 Å². The zero-order valence-corrected chi connectivity index (χ0v) is 16.7. The molecular formula is C25H27N3. The number of anilines is 2. The van der Waals surface area contributed by atoms with Gasteiger partial charge in [0, 0.05) is 43.8 Å². The fourth-order valence-electron chi connectivity index (χ4n) is 3.77. The van der Waals surface area contributed by atoms with Crippen molar-refractivity contribution >= 4 is 23.3 Å². The van der Waals surface area contributed by atoms with Crippen molar-refractivity contribution in [2.75, 3.05) is 22.9 Å². The minimum atomic E-state index is 0.981. The molecule has 0 aliphatic carbocycles. The number of benzene rings is 3. The largest absolute Gasteiger partial charge is 0.372 e. The second kappa shape index (κ2) is 8.30. The summed E-state index contributed by atoms with van der Waals surface area (Å²) in [5.74, 6) is 0. The van der Waals surface area contributed by atoms with Gasteiger partial charge in [0.1, 0.15) is 0 Å². The van der Waals surface area contributed by atoms with E-state index in [1.165, 1.54) is 22.5 Å². The summed E-state index contributed by atoms with van der Waals surface area (Å²) in [5.41, 5.74) is 7.47. The number of nitrogens with zero attached hydrogens (tertiary/aromatic N) is 3. The van der Waals surface area contributed by atoms with E-state index < -0.39 is 0 Å². The summed E-state index contributed by atoms with van der Waals surface area (Å²) < 4.78 is 0. The number of fused-ring (bicyclic) bond motifs is 1. The lowest BCUT2D eigenvalue weighted by Gasteiger charge is -2.20. The normalized spacial score (nSPS) is 13.1. The van der Waals surface area contributed by atoms with E-state index in [0.717, 1.165) is 37.4 Å². The van der Waals surface area contributed by atoms with Crippen LogP contribution in [-0.2, 0) is 13.1 Å². The monoisotopic (exact) mass is 369 g/mol. The van der Waals surface area contributed by atoms with Gasteiger partial charge in [0.05, 0.1) is 5.69 Å². The van der Waals surface area contributed by atoms with Gasteiger partial charge in [-0.3, -0.25) is 4.99 Å². The highest BCUT2D eigenvalue weighted by atomic mass is 15.1. The fourth-order valence-corrected chi connectivity index (χ4v) is 3.77. The van der Waals surface area contributed by atoms with E-state index in [4.69, 9.17) is 0 Å². The minimum Gasteiger partial charge on any atom is -0.372 e. The highest BCUT2D eigenvalue weighted by Gasteiger charge is 2.18. The molecule has 142 valence electrons. The summed E-state index contributed by atoms with van der Waals surface area (Å²) in [6, 6.07) is 25.8. The first-order chi connectivity index (χ1) is 13.8. The minimum absolute atomic E-state index is 0.981. The van der Waals surface area contributed by atoms with Crippen LogP contribution >= 0.6 is 0 Å². The molecule has 0 N–H and O–H groups in total. The molecule has 0 bridgehead atoms. The Morgan fingerprint density at radius 2 is 1.43 bits per heavy atom. The highest BCUT2D eigenvalue weighted by Crippen LogP contribution is 2.28. The van der Waals surface area contributed by atoms with Crippen molar-refractivity contribution in [3.05, 3.63) is 89.5 Å². The Bertz CT molecular complexity index is 913. The van der Waals surface area contributed by atoms with E-state index >= 15 is 0 Å². The Labute approximate surface area is 168 Å². The first-order valence-electron chi connectivity index (χ1n) is 10.1. The molecule has 4 rings (SSSR count). The van der Waals surface area contributed by atoms with Crippen molar-refractivity contribution in [2.45, 2.75) is 26.9 Å². The Hall–Kier alpha value is -3.07. The average Bonchev–Trinajstić information content (AvgIpc) is 3.19. The standard InChI is InChI=1S/C25H27N3/c1-3-27(4-2)24-15-11-23(12-16-24)26-17-20-9-13-25(14-10-20)28-18-21-7-5-6-8-22(21)19-28/h5-17H,3-4,18-19H2,1-2H3. The number of aliphatic imine (C=N–C) groups is 1. The van der Waals surface area contributed by atoms with Gasteiger partial charge in [0.15, 0.2) is 0 Å². The van der Waals surface area contributed by atoms with Gasteiger partial charge in [-0.05, 0) is 66.9 Å². The van der Waals surface area contributed by atoms with Crippen LogP contribution in [0.3, 0.4) is 0 Å². The predicted molar refractivity (Wildman–Crippen MR) is 120 cm³/mol. The topological polar surface area (TPSA) is 18.8 Å². The van der Waals surface area contributed by atoms with E-state index in [0.29, 0.717) is 0 Å². The van der Waals surface area contributed by atoms with Crippen LogP contribution in [0.25, 0.3) is 0 Å². The summed E-state index contributed by atoms with van der Waals surface area (Å²) >= 11 is 0. The molecule has 0 unspecified atom stereocenters. The van der Waals surface area contributed by atoms with E-state index in [2.05, 4.69) is 101 Å². The molecule has 0 radical (unpaired) electrons. The molecule has 3 nitrogen and oxygen atoms in total. The molecule has 0 aromatic heterocycles. The van der Waals surface area contributed by atoms with Crippen LogP contribution in [0.5, 0.6) is 0 Å². The summed E-state index contributed by atoms with van der Waals surface area (Å²) in [7, 11) is 0. The van der Waals surface area contributed by atoms with Gasteiger partial charge < -0.3 is 9.80 Å². The molecule has 1 aliphatic rings. The molecule has 0 saturated carbocycles. The van der Waals surface area contributed by atoms with Crippen molar-refractivity contribution in [1.82, 2.24) is 0 Å². The molecule has 0 saturated heterocycles. The number of hydrogen-bond donors (Lipinski definition) is 0. The first-order valence-corrected chi connectivity index (χ1v) is 10.1. The van der Waals surface area contributed by atoms with Gasteiger partial charge in [-0.2, -0.15) is 0 Å². The molecule has 3 aromatic carbocycles. The average molecular weight is 370 g/mol. The van der Waals surface area contributed by atoms with Crippen LogP contribution in [0.15, 0.2) is 77.8 Å². The van der Waals surface area contributed by atoms with Gasteiger partial charge in [0.25, 0.3) is 0 Å². The summed E-state index contributed by atoms with van der Waals surface area (Å²) in [6.07, 6.45) is 1.94. The maximum atomic E-state index is 4.63. The second-order valence-corrected chi connectivity index (χ2v) is 7.16. The Morgan fingerprint density at radius 1 is 0.821 bits per heavy atom. The number of hydrogen-bond acceptors (Lipinski definition) is 3. The van der Waals surface area contributed by atoms with E-state index in [1.807, 2.05) is 6.21 Å². The van der Waals surface area contributed by atoms with Gasteiger partial charge in [-0.25, -0.2) is 0 Å². The highest BCUT2D eigenvalue weighted by molar-refractivity contribution is 5.82. The SMILES string of the molecule is CCN(CC)c1ccc(N=Cc2ccc(N3Cc4ccccc4C3)cc2)cc1. The van der Waals surface area contributed by atoms with Gasteiger partial charge in [-0.1, -0.05) is 36.4 Å².